The Balaban J connectivity index is 3.25. The summed E-state index contributed by atoms with van der Waals surface area (Å²) in [6.07, 6.45) is 11.9. The van der Waals surface area contributed by atoms with Crippen molar-refractivity contribution in [1.82, 2.24) is 0 Å². The van der Waals surface area contributed by atoms with Crippen LogP contribution in [0.15, 0.2) is 30.3 Å². The summed E-state index contributed by atoms with van der Waals surface area (Å²) in [4.78, 5) is 77.6. The molecule has 0 radical (unpaired) electrons. The van der Waals surface area contributed by atoms with Gasteiger partial charge in [-0.05, 0) is 12.0 Å². The van der Waals surface area contributed by atoms with Crippen molar-refractivity contribution >= 4 is 34.4 Å². The van der Waals surface area contributed by atoms with Crippen molar-refractivity contribution in [3.8, 4) is 0 Å². The van der Waals surface area contributed by atoms with Crippen molar-refractivity contribution in [2.75, 3.05) is 19.8 Å². The Bertz CT molecular complexity index is 717. The first-order chi connectivity index (χ1) is 19.1. The van der Waals surface area contributed by atoms with Gasteiger partial charge in [0.25, 0.3) is 0 Å². The topological polar surface area (TPSA) is 199 Å². The highest BCUT2D eigenvalue weighted by Gasteiger charge is 2.56. The average Bonchev–Trinajstić information content (AvgIpc) is 2.90. The van der Waals surface area contributed by atoms with Gasteiger partial charge in [0.05, 0.1) is 25.2 Å². The second kappa shape index (κ2) is 22.0. The lowest BCUT2D eigenvalue weighted by molar-refractivity contribution is -0.142. The zero-order chi connectivity index (χ0) is 29.9. The van der Waals surface area contributed by atoms with Crippen LogP contribution in [0.5, 0.6) is 0 Å². The average molecular weight is 651 g/mol. The second-order valence-corrected chi connectivity index (χ2v) is 12.7. The summed E-state index contributed by atoms with van der Waals surface area (Å²) in [5.74, 6) is 0. The Kier molecular flexibility index (Phi) is 21.2. The van der Waals surface area contributed by atoms with Crippen molar-refractivity contribution < 1.29 is 57.2 Å². The number of benzene rings is 1. The number of hydrogen-bond donors (Lipinski definition) is 8. The van der Waals surface area contributed by atoms with E-state index in [0.29, 0.717) is 12.0 Å². The van der Waals surface area contributed by atoms with Gasteiger partial charge in [0.15, 0.2) is 0 Å². The Labute approximate surface area is 242 Å². The molecule has 0 aliphatic rings. The van der Waals surface area contributed by atoms with Crippen molar-refractivity contribution in [2.45, 2.75) is 89.6 Å². The molecule has 1 aromatic carbocycles. The molecule has 0 heterocycles. The van der Waals surface area contributed by atoms with Gasteiger partial charge in [0.2, 0.25) is 0 Å². The molecule has 0 bridgehead atoms. The van der Waals surface area contributed by atoms with Crippen LogP contribution in [0.4, 0.5) is 0 Å². The van der Waals surface area contributed by atoms with Gasteiger partial charge in [-0.15, -0.1) is 0 Å². The predicted octanol–water partition coefficient (Wildman–Crippen LogP) is 5.48. The van der Waals surface area contributed by atoms with Crippen LogP contribution in [-0.4, -0.2) is 59.0 Å². The minimum Gasteiger partial charge on any atom is -0.328 e. The van der Waals surface area contributed by atoms with Gasteiger partial charge in [0, 0.05) is 0 Å². The monoisotopic (exact) mass is 650 g/mol. The summed E-state index contributed by atoms with van der Waals surface area (Å²) in [6.45, 7) is 0.428. The van der Waals surface area contributed by atoms with E-state index in [0.717, 1.165) is 25.7 Å². The van der Waals surface area contributed by atoms with Crippen LogP contribution < -0.4 is 0 Å². The summed E-state index contributed by atoms with van der Waals surface area (Å²) in [7, 11) is -11.7. The van der Waals surface area contributed by atoms with E-state index in [1.54, 1.807) is 30.3 Å². The Hall–Kier alpha value is 0.460. The minimum atomic E-state index is -3.02. The Morgan fingerprint density at radius 1 is 0.550 bits per heavy atom. The van der Waals surface area contributed by atoms with Gasteiger partial charge in [0.1, 0.15) is 5.60 Å². The predicted molar refractivity (Wildman–Crippen MR) is 156 cm³/mol. The molecule has 40 heavy (non-hydrogen) atoms. The molecular formula is C24H46O12P4. The van der Waals surface area contributed by atoms with Crippen LogP contribution >= 0.6 is 34.4 Å². The number of rotatable bonds is 25. The zero-order valence-electron chi connectivity index (χ0n) is 23.0. The molecule has 16 heteroatoms. The number of unbranched alkanes of at least 4 members (excludes halogenated alkanes) is 10. The Morgan fingerprint density at radius 2 is 0.950 bits per heavy atom. The molecule has 0 aliphatic carbocycles. The summed E-state index contributed by atoms with van der Waals surface area (Å²) in [5.41, 5.74) is -3.00. The summed E-state index contributed by atoms with van der Waals surface area (Å²) < 4.78 is 21.3. The van der Waals surface area contributed by atoms with Gasteiger partial charge in [-0.1, -0.05) is 108 Å². The molecule has 1 aromatic rings. The van der Waals surface area contributed by atoms with Crippen molar-refractivity contribution in [2.24, 2.45) is 5.41 Å². The molecule has 0 fully saturated rings. The zero-order valence-corrected chi connectivity index (χ0v) is 26.6. The highest BCUT2D eigenvalue weighted by molar-refractivity contribution is 7.40. The van der Waals surface area contributed by atoms with Gasteiger partial charge in [-0.3, -0.25) is 0 Å². The minimum absolute atomic E-state index is 0.141. The number of hydrogen-bond acceptors (Lipinski definition) is 12. The largest absolute Gasteiger partial charge is 0.328 e. The van der Waals surface area contributed by atoms with Gasteiger partial charge in [-0.25, -0.2) is 0 Å². The van der Waals surface area contributed by atoms with Crippen LogP contribution in [0, 0.1) is 5.41 Å². The van der Waals surface area contributed by atoms with Gasteiger partial charge >= 0.3 is 34.4 Å². The standard InChI is InChI=1S/C24H46O12P4/c1-2-3-4-5-6-7-8-9-10-11-15-18-24(36-40(31)32,22-16-13-12-14-17-22)23(19-33-37(25)26,20-34-38(27)28)21-35-39(29)30/h12-14,16-17,25-32H,2-11,15,18-21H2,1H3. The van der Waals surface area contributed by atoms with Gasteiger partial charge < -0.3 is 57.2 Å². The van der Waals surface area contributed by atoms with E-state index in [4.69, 9.17) is 18.1 Å². The third-order valence-corrected chi connectivity index (χ3v) is 8.39. The molecular weight excluding hydrogens is 604 g/mol. The first-order valence-corrected chi connectivity index (χ1v) is 18.1. The van der Waals surface area contributed by atoms with Crippen LogP contribution in [0.3, 0.4) is 0 Å². The summed E-state index contributed by atoms with van der Waals surface area (Å²) in [5, 5.41) is 0. The maximum absolute atomic E-state index is 10.1. The molecule has 0 aliphatic heterocycles. The van der Waals surface area contributed by atoms with Crippen molar-refractivity contribution in [3.05, 3.63) is 35.9 Å². The van der Waals surface area contributed by atoms with E-state index < -0.39 is 65.2 Å². The first-order valence-electron chi connectivity index (χ1n) is 13.4. The van der Waals surface area contributed by atoms with Crippen LogP contribution in [0.25, 0.3) is 0 Å². The fraction of sp³-hybridized carbons (Fsp3) is 0.750. The SMILES string of the molecule is CCCCCCCCCCCCCC(OP(O)O)(c1ccccc1)C(COP(O)O)(COP(O)O)COP(O)O. The van der Waals surface area contributed by atoms with Crippen LogP contribution in [0.2, 0.25) is 0 Å². The molecule has 1 atom stereocenters. The Morgan fingerprint density at radius 3 is 1.32 bits per heavy atom. The lowest BCUT2D eigenvalue weighted by atomic mass is 9.67. The van der Waals surface area contributed by atoms with Gasteiger partial charge in [-0.2, -0.15) is 0 Å². The summed E-state index contributed by atoms with van der Waals surface area (Å²) >= 11 is 0. The molecule has 234 valence electrons. The molecule has 0 spiro atoms. The van der Waals surface area contributed by atoms with E-state index in [2.05, 4.69) is 6.92 Å². The first kappa shape index (κ1) is 38.5. The normalized spacial score (nSPS) is 14.1. The lowest BCUT2D eigenvalue weighted by Gasteiger charge is -2.49. The molecule has 0 amide bonds. The molecule has 1 unspecified atom stereocenters. The molecule has 0 saturated carbocycles. The van der Waals surface area contributed by atoms with E-state index in [1.807, 2.05) is 0 Å². The molecule has 8 N–H and O–H groups in total. The van der Waals surface area contributed by atoms with Crippen LogP contribution in [-0.2, 0) is 23.7 Å². The van der Waals surface area contributed by atoms with E-state index in [1.165, 1.54) is 38.5 Å². The van der Waals surface area contributed by atoms with Crippen molar-refractivity contribution in [1.29, 1.82) is 0 Å². The van der Waals surface area contributed by atoms with E-state index in [9.17, 15) is 39.1 Å². The van der Waals surface area contributed by atoms with E-state index in [-0.39, 0.29) is 6.42 Å². The van der Waals surface area contributed by atoms with E-state index >= 15 is 0 Å². The third kappa shape index (κ3) is 14.8. The molecule has 0 saturated heterocycles. The smallest absolute Gasteiger partial charge is 0.327 e. The molecule has 0 aromatic heterocycles. The highest BCUT2D eigenvalue weighted by atomic mass is 31.2. The summed E-state index contributed by atoms with van der Waals surface area (Å²) in [6, 6.07) is 8.45. The maximum atomic E-state index is 10.1. The van der Waals surface area contributed by atoms with Crippen LogP contribution in [0.1, 0.15) is 89.5 Å². The lowest BCUT2D eigenvalue weighted by Crippen LogP contribution is -2.55. The molecule has 1 rings (SSSR count). The quantitative estimate of drug-likeness (QED) is 0.0490. The fourth-order valence-electron chi connectivity index (χ4n) is 4.81. The maximum Gasteiger partial charge on any atom is 0.327 e. The second-order valence-electron chi connectivity index (χ2n) is 9.68. The third-order valence-electron chi connectivity index (χ3n) is 6.84. The molecule has 12 nitrogen and oxygen atoms in total. The fourth-order valence-corrected chi connectivity index (χ4v) is 6.57. The highest BCUT2D eigenvalue weighted by Crippen LogP contribution is 2.56. The van der Waals surface area contributed by atoms with Crippen molar-refractivity contribution in [3.63, 3.8) is 0 Å².